The molecule has 10 nitrogen and oxygen atoms in total. The highest BCUT2D eigenvalue weighted by atomic mass is 16.5. The van der Waals surface area contributed by atoms with E-state index >= 15 is 0 Å². The van der Waals surface area contributed by atoms with Crippen LogP contribution in [-0.4, -0.2) is 61.1 Å². The molecule has 3 fully saturated rings. The number of nitrogens with zero attached hydrogens (tertiary/aromatic N) is 5. The van der Waals surface area contributed by atoms with Gasteiger partial charge < -0.3 is 29.8 Å². The number of aromatic nitrogens is 4. The summed E-state index contributed by atoms with van der Waals surface area (Å²) in [7, 11) is 3.66. The SMILES string of the molecule is COc1cc(C(=O)N2[C@H]3CC[C@@H]2[C@H](N)C3)cc2nc(-c3cc4ccc5nc4n3CCCCCCCC3(CCC3)C(=O)N[C@@H]5C)n(C)c12. The quantitative estimate of drug-likeness (QED) is 0.284. The largest absolute Gasteiger partial charge is 0.494 e. The van der Waals surface area contributed by atoms with E-state index in [4.69, 9.17) is 20.4 Å². The Morgan fingerprint density at radius 3 is 2.53 bits per heavy atom. The Morgan fingerprint density at radius 2 is 1.81 bits per heavy atom. The lowest BCUT2D eigenvalue weighted by atomic mass is 9.65. The molecule has 6 heterocycles. The highest BCUT2D eigenvalue weighted by Gasteiger charge is 2.47. The van der Waals surface area contributed by atoms with Gasteiger partial charge in [-0.05, 0) is 82.2 Å². The summed E-state index contributed by atoms with van der Waals surface area (Å²) in [5, 5.41) is 4.37. The number of benzene rings is 1. The van der Waals surface area contributed by atoms with Crippen molar-refractivity contribution in [3.63, 3.8) is 0 Å². The number of amides is 2. The van der Waals surface area contributed by atoms with Gasteiger partial charge in [0.05, 0.1) is 30.1 Å². The summed E-state index contributed by atoms with van der Waals surface area (Å²) in [5.74, 6) is 1.63. The standard InChI is InChI=1S/C37H47N7O3/c1-22-27-12-10-23-19-30(43(33(23)40-27)17-8-6-4-5-7-14-37(15-9-16-37)36(46)39-22)34-41-28-18-24(20-31(47-3)32(28)42(34)2)35(45)44-25-11-13-29(44)26(38)21-25/h10,12,18-20,22,25-26,29H,4-9,11,13-17,21,38H2,1-3H3,(H,39,46)/t22-,25+,26-,29-/m1/s1. The number of hydrogen-bond donors (Lipinski definition) is 2. The van der Waals surface area contributed by atoms with E-state index < -0.39 is 0 Å². The molecule has 3 N–H and O–H groups in total. The second kappa shape index (κ2) is 11.6. The van der Waals surface area contributed by atoms with Gasteiger partial charge in [-0.15, -0.1) is 0 Å². The first-order chi connectivity index (χ1) is 22.8. The summed E-state index contributed by atoms with van der Waals surface area (Å²) in [5.41, 5.74) is 11.1. The van der Waals surface area contributed by atoms with E-state index in [0.29, 0.717) is 11.3 Å². The molecule has 3 aliphatic heterocycles. The summed E-state index contributed by atoms with van der Waals surface area (Å²) in [6.07, 6.45) is 12.5. The molecule has 4 aromatic rings. The third-order valence-corrected chi connectivity index (χ3v) is 11.8. The summed E-state index contributed by atoms with van der Waals surface area (Å²) < 4.78 is 10.3. The molecule has 1 aliphatic carbocycles. The Kier molecular flexibility index (Phi) is 7.54. The van der Waals surface area contributed by atoms with Gasteiger partial charge in [-0.3, -0.25) is 9.59 Å². The fraction of sp³-hybridized carbons (Fsp3) is 0.568. The number of hydrogen-bond acceptors (Lipinski definition) is 6. The maximum Gasteiger partial charge on any atom is 0.254 e. The lowest BCUT2D eigenvalue weighted by Crippen LogP contribution is -2.46. The third kappa shape index (κ3) is 4.93. The zero-order valence-electron chi connectivity index (χ0n) is 27.9. The van der Waals surface area contributed by atoms with Crippen molar-refractivity contribution in [1.82, 2.24) is 29.3 Å². The molecule has 10 heteroatoms. The minimum atomic E-state index is -0.196. The van der Waals surface area contributed by atoms with Crippen molar-refractivity contribution in [1.29, 1.82) is 0 Å². The predicted octanol–water partition coefficient (Wildman–Crippen LogP) is 6.00. The number of carbonyl (C=O) groups is 2. The van der Waals surface area contributed by atoms with Crippen LogP contribution in [0.2, 0.25) is 0 Å². The normalized spacial score (nSPS) is 26.0. The van der Waals surface area contributed by atoms with Gasteiger partial charge in [-0.2, -0.15) is 0 Å². The number of nitrogens with one attached hydrogen (secondary N) is 1. The van der Waals surface area contributed by atoms with Gasteiger partial charge >= 0.3 is 0 Å². The highest BCUT2D eigenvalue weighted by Crippen LogP contribution is 2.46. The second-order valence-electron chi connectivity index (χ2n) is 14.6. The molecule has 1 aromatic carbocycles. The van der Waals surface area contributed by atoms with Gasteiger partial charge in [0, 0.05) is 48.1 Å². The molecule has 3 aromatic heterocycles. The molecule has 4 bridgehead atoms. The summed E-state index contributed by atoms with van der Waals surface area (Å²) >= 11 is 0. The number of fused-ring (bicyclic) bond motifs is 4. The lowest BCUT2D eigenvalue weighted by molar-refractivity contribution is -0.137. The van der Waals surface area contributed by atoms with Crippen LogP contribution in [0, 0.1) is 5.41 Å². The molecule has 0 radical (unpaired) electrons. The van der Waals surface area contributed by atoms with E-state index in [9.17, 15) is 9.59 Å². The van der Waals surface area contributed by atoms with Crippen molar-refractivity contribution in [2.24, 2.45) is 18.2 Å². The van der Waals surface area contributed by atoms with Gasteiger partial charge in [0.25, 0.3) is 5.91 Å². The first-order valence-corrected chi connectivity index (χ1v) is 17.7. The van der Waals surface area contributed by atoms with Crippen LogP contribution in [0.3, 0.4) is 0 Å². The predicted molar refractivity (Wildman–Crippen MR) is 182 cm³/mol. The number of aryl methyl sites for hydroxylation is 2. The summed E-state index contributed by atoms with van der Waals surface area (Å²) in [6, 6.07) is 10.3. The molecular formula is C37H47N7O3. The number of carbonyl (C=O) groups excluding carboxylic acids is 2. The minimum absolute atomic E-state index is 0.0112. The Morgan fingerprint density at radius 1 is 1.02 bits per heavy atom. The van der Waals surface area contributed by atoms with Crippen LogP contribution >= 0.6 is 0 Å². The Hall–Kier alpha value is -3.92. The lowest BCUT2D eigenvalue weighted by Gasteiger charge is -2.41. The van der Waals surface area contributed by atoms with E-state index in [1.54, 1.807) is 7.11 Å². The molecular weight excluding hydrogens is 590 g/mol. The average molecular weight is 638 g/mol. The smallest absolute Gasteiger partial charge is 0.254 e. The van der Waals surface area contributed by atoms with Crippen LogP contribution in [0.1, 0.15) is 106 Å². The number of methoxy groups -OCH3 is 1. The first kappa shape index (κ1) is 30.4. The van der Waals surface area contributed by atoms with Crippen molar-refractivity contribution in [2.45, 2.75) is 115 Å². The van der Waals surface area contributed by atoms with Crippen LogP contribution in [0.25, 0.3) is 33.6 Å². The fourth-order valence-corrected chi connectivity index (χ4v) is 9.00. The van der Waals surface area contributed by atoms with Crippen LogP contribution in [0.15, 0.2) is 30.3 Å². The zero-order chi connectivity index (χ0) is 32.4. The van der Waals surface area contributed by atoms with Gasteiger partial charge in [0.15, 0.2) is 5.82 Å². The molecule has 2 amide bonds. The first-order valence-electron chi connectivity index (χ1n) is 17.7. The second-order valence-corrected chi connectivity index (χ2v) is 14.6. The number of imidazole rings is 1. The Balaban J connectivity index is 1.19. The van der Waals surface area contributed by atoms with Crippen molar-refractivity contribution in [2.75, 3.05) is 7.11 Å². The Labute approximate surface area is 276 Å². The van der Waals surface area contributed by atoms with Crippen LogP contribution < -0.4 is 15.8 Å². The van der Waals surface area contributed by atoms with Crippen molar-refractivity contribution in [3.05, 3.63) is 41.6 Å². The van der Waals surface area contributed by atoms with E-state index in [1.165, 1.54) is 0 Å². The molecule has 0 unspecified atom stereocenters. The molecule has 8 rings (SSSR count). The molecule has 47 heavy (non-hydrogen) atoms. The van der Waals surface area contributed by atoms with Gasteiger partial charge in [0.1, 0.15) is 16.9 Å². The maximum absolute atomic E-state index is 13.8. The van der Waals surface area contributed by atoms with E-state index in [0.717, 1.165) is 123 Å². The number of nitrogens with two attached hydrogens (primary N) is 1. The highest BCUT2D eigenvalue weighted by molar-refractivity contribution is 6.00. The monoisotopic (exact) mass is 637 g/mol. The molecule has 248 valence electrons. The molecule has 1 saturated carbocycles. The van der Waals surface area contributed by atoms with Crippen molar-refractivity contribution in [3.8, 4) is 17.3 Å². The van der Waals surface area contributed by atoms with E-state index in [2.05, 4.69) is 26.6 Å². The van der Waals surface area contributed by atoms with E-state index in [-0.39, 0.29) is 41.4 Å². The molecule has 4 atom stereocenters. The van der Waals surface area contributed by atoms with Crippen molar-refractivity contribution < 1.29 is 14.3 Å². The summed E-state index contributed by atoms with van der Waals surface area (Å²) in [6.45, 7) is 2.87. The van der Waals surface area contributed by atoms with E-state index in [1.807, 2.05) is 37.1 Å². The number of rotatable bonds is 3. The van der Waals surface area contributed by atoms with Gasteiger partial charge in [-0.25, -0.2) is 9.97 Å². The number of pyridine rings is 1. The zero-order valence-corrected chi connectivity index (χ0v) is 27.9. The van der Waals surface area contributed by atoms with Crippen LogP contribution in [0.5, 0.6) is 5.75 Å². The summed E-state index contributed by atoms with van der Waals surface area (Å²) in [4.78, 5) is 39.7. The van der Waals surface area contributed by atoms with Gasteiger partial charge in [0.2, 0.25) is 5.91 Å². The molecule has 2 saturated heterocycles. The topological polar surface area (TPSA) is 120 Å². The molecule has 1 spiro atoms. The minimum Gasteiger partial charge on any atom is -0.494 e. The maximum atomic E-state index is 13.8. The van der Waals surface area contributed by atoms with Crippen LogP contribution in [0.4, 0.5) is 0 Å². The molecule has 4 aliphatic rings. The fourth-order valence-electron chi connectivity index (χ4n) is 9.00. The number of ether oxygens (including phenoxy) is 1. The average Bonchev–Trinajstić information content (AvgIpc) is 3.79. The van der Waals surface area contributed by atoms with Gasteiger partial charge in [-0.1, -0.05) is 32.1 Å². The third-order valence-electron chi connectivity index (χ3n) is 11.8. The Bertz CT molecular complexity index is 1870. The van der Waals surface area contributed by atoms with Crippen LogP contribution in [-0.2, 0) is 18.4 Å². The van der Waals surface area contributed by atoms with Crippen molar-refractivity contribution >= 4 is 33.9 Å².